The van der Waals surface area contributed by atoms with Gasteiger partial charge in [0.2, 0.25) is 0 Å². The fourth-order valence-electron chi connectivity index (χ4n) is 5.92. The number of amides is 3. The molecule has 1 saturated heterocycles. The van der Waals surface area contributed by atoms with E-state index >= 15 is 0 Å². The van der Waals surface area contributed by atoms with E-state index in [1.165, 1.54) is 12.1 Å². The van der Waals surface area contributed by atoms with Crippen LogP contribution >= 0.6 is 0 Å². The largest absolute Gasteiger partial charge is 0.442 e. The first-order chi connectivity index (χ1) is 23.4. The Morgan fingerprint density at radius 1 is 0.812 bits per heavy atom. The number of nitrogens with zero attached hydrogens (tertiary/aromatic N) is 3. The Bertz CT molecular complexity index is 1760. The average Bonchev–Trinajstić information content (AvgIpc) is 3.10. The monoisotopic (exact) mass is 644 g/mol. The van der Waals surface area contributed by atoms with Crippen LogP contribution < -0.4 is 16.0 Å². The second-order valence-electron chi connectivity index (χ2n) is 11.9. The van der Waals surface area contributed by atoms with Crippen LogP contribution in [-0.4, -0.2) is 48.8 Å². The van der Waals surface area contributed by atoms with E-state index in [0.29, 0.717) is 41.4 Å². The molecule has 5 rings (SSSR count). The van der Waals surface area contributed by atoms with E-state index in [0.717, 1.165) is 43.5 Å². The molecule has 0 aliphatic carbocycles. The fraction of sp³-hybridized carbons (Fsp3) is 0.263. The highest BCUT2D eigenvalue weighted by Crippen LogP contribution is 2.24. The van der Waals surface area contributed by atoms with Gasteiger partial charge < -0.3 is 15.4 Å². The maximum Gasteiger partial charge on any atom is 0.412 e. The summed E-state index contributed by atoms with van der Waals surface area (Å²) >= 11 is 0. The summed E-state index contributed by atoms with van der Waals surface area (Å²) in [7, 11) is 0. The van der Waals surface area contributed by atoms with Gasteiger partial charge in [-0.2, -0.15) is 10.5 Å². The summed E-state index contributed by atoms with van der Waals surface area (Å²) in [5, 5.41) is 27.1. The molecule has 0 aromatic heterocycles. The summed E-state index contributed by atoms with van der Waals surface area (Å²) in [6, 6.07) is 32.5. The lowest BCUT2D eigenvalue weighted by Gasteiger charge is -2.36. The van der Waals surface area contributed by atoms with Gasteiger partial charge in [0.15, 0.2) is 0 Å². The number of likely N-dealkylation sites (tertiary alicyclic amines) is 1. The number of nitriles is 2. The summed E-state index contributed by atoms with van der Waals surface area (Å²) in [4.78, 5) is 28.9. The van der Waals surface area contributed by atoms with Crippen molar-refractivity contribution in [2.24, 2.45) is 5.92 Å². The van der Waals surface area contributed by atoms with Crippen LogP contribution in [0.5, 0.6) is 0 Å². The summed E-state index contributed by atoms with van der Waals surface area (Å²) < 4.78 is 19.5. The molecule has 2 atom stereocenters. The lowest BCUT2D eigenvalue weighted by molar-refractivity contribution is 0.0471. The van der Waals surface area contributed by atoms with Crippen LogP contribution in [0.1, 0.15) is 35.1 Å². The van der Waals surface area contributed by atoms with E-state index in [9.17, 15) is 24.5 Å². The number of nitrogens with one attached hydrogen (secondary N) is 3. The molecule has 3 amide bonds. The van der Waals surface area contributed by atoms with Crippen LogP contribution in [0.25, 0.3) is 0 Å². The summed E-state index contributed by atoms with van der Waals surface area (Å²) in [6.45, 7) is 1.90. The minimum Gasteiger partial charge on any atom is -0.442 e. The summed E-state index contributed by atoms with van der Waals surface area (Å²) in [5.41, 5.74) is 3.74. The molecular formula is C38H37FN6O3. The Kier molecular flexibility index (Phi) is 11.7. The van der Waals surface area contributed by atoms with E-state index in [1.807, 2.05) is 42.5 Å². The van der Waals surface area contributed by atoms with Crippen LogP contribution in [0.15, 0.2) is 103 Å². The minimum atomic E-state index is -0.755. The van der Waals surface area contributed by atoms with Crippen molar-refractivity contribution in [1.82, 2.24) is 10.2 Å². The Labute approximate surface area is 280 Å². The van der Waals surface area contributed by atoms with E-state index in [2.05, 4.69) is 33.0 Å². The van der Waals surface area contributed by atoms with Crippen molar-refractivity contribution >= 4 is 23.5 Å². The first kappa shape index (κ1) is 33.6. The molecule has 9 nitrogen and oxygen atoms in total. The van der Waals surface area contributed by atoms with Gasteiger partial charge in [-0.3, -0.25) is 10.2 Å². The lowest BCUT2D eigenvalue weighted by atomic mass is 9.90. The SMILES string of the molecule is N#Cc1cccc(NC(=O)N[C@@H](Cc2ccccc2)[C@H](CN2CCC(Cc3ccc(F)cc3)CC2)OC(=O)Nc2cccc(C#N)c2)c1. The van der Waals surface area contributed by atoms with E-state index in [-0.39, 0.29) is 5.82 Å². The van der Waals surface area contributed by atoms with E-state index in [4.69, 9.17) is 4.74 Å². The number of carbonyl (C=O) groups excluding carboxylic acids is 2. The standard InChI is InChI=1S/C38H37FN6O3/c39-32-14-12-28(13-15-32)20-29-16-18-45(19-17-29)26-36(48-38(47)43-34-11-5-9-31(22-34)25-41)35(23-27-6-2-1-3-7-27)44-37(46)42-33-10-4-8-30(21-33)24-40/h1-15,21-22,29,35-36H,16-20,23,26H2,(H,43,47)(H2,42,44,46)/t35-,36-/m0/s1. The maximum absolute atomic E-state index is 13.4. The Morgan fingerprint density at radius 2 is 1.44 bits per heavy atom. The third kappa shape index (κ3) is 10.1. The number of anilines is 2. The smallest absolute Gasteiger partial charge is 0.412 e. The molecule has 0 radical (unpaired) electrons. The van der Waals surface area contributed by atoms with Crippen LogP contribution in [0.4, 0.5) is 25.4 Å². The third-order valence-corrected chi connectivity index (χ3v) is 8.39. The van der Waals surface area contributed by atoms with Crippen molar-refractivity contribution in [3.63, 3.8) is 0 Å². The number of hydrogen-bond acceptors (Lipinski definition) is 6. The first-order valence-electron chi connectivity index (χ1n) is 15.9. The van der Waals surface area contributed by atoms with Gasteiger partial charge in [-0.15, -0.1) is 0 Å². The van der Waals surface area contributed by atoms with Gasteiger partial charge in [0.25, 0.3) is 0 Å². The predicted molar refractivity (Wildman–Crippen MR) is 182 cm³/mol. The van der Waals surface area contributed by atoms with Crippen LogP contribution in [-0.2, 0) is 17.6 Å². The van der Waals surface area contributed by atoms with Gasteiger partial charge in [0.1, 0.15) is 11.9 Å². The normalized spacial score (nSPS) is 14.5. The number of hydrogen-bond donors (Lipinski definition) is 3. The van der Waals surface area contributed by atoms with Gasteiger partial charge in [0, 0.05) is 17.9 Å². The number of halogens is 1. The van der Waals surface area contributed by atoms with Crippen molar-refractivity contribution < 1.29 is 18.7 Å². The third-order valence-electron chi connectivity index (χ3n) is 8.39. The highest BCUT2D eigenvalue weighted by molar-refractivity contribution is 5.90. The van der Waals surface area contributed by atoms with Crippen molar-refractivity contribution in [3.05, 3.63) is 131 Å². The second-order valence-corrected chi connectivity index (χ2v) is 11.9. The number of piperidine rings is 1. The molecule has 0 bridgehead atoms. The minimum absolute atomic E-state index is 0.246. The lowest BCUT2D eigenvalue weighted by Crippen LogP contribution is -2.53. The molecule has 4 aromatic carbocycles. The maximum atomic E-state index is 13.4. The highest BCUT2D eigenvalue weighted by Gasteiger charge is 2.31. The number of carbonyl (C=O) groups is 2. The van der Waals surface area contributed by atoms with Crippen molar-refractivity contribution in [1.29, 1.82) is 10.5 Å². The zero-order chi connectivity index (χ0) is 33.7. The summed E-state index contributed by atoms with van der Waals surface area (Å²) in [5.74, 6) is 0.194. The Hall–Kier alpha value is -5.71. The Morgan fingerprint density at radius 3 is 2.06 bits per heavy atom. The molecular weight excluding hydrogens is 607 g/mol. The topological polar surface area (TPSA) is 130 Å². The molecule has 1 heterocycles. The molecule has 4 aromatic rings. The zero-order valence-corrected chi connectivity index (χ0v) is 26.4. The number of benzene rings is 4. The molecule has 48 heavy (non-hydrogen) atoms. The van der Waals surface area contributed by atoms with Gasteiger partial charge in [-0.25, -0.2) is 14.0 Å². The molecule has 10 heteroatoms. The molecule has 0 unspecified atom stereocenters. The Balaban J connectivity index is 1.33. The average molecular weight is 645 g/mol. The van der Waals surface area contributed by atoms with Crippen molar-refractivity contribution in [3.8, 4) is 12.1 Å². The highest BCUT2D eigenvalue weighted by atomic mass is 19.1. The fourth-order valence-corrected chi connectivity index (χ4v) is 5.92. The molecule has 3 N–H and O–H groups in total. The summed E-state index contributed by atoms with van der Waals surface area (Å²) in [6.07, 6.45) is 1.63. The molecule has 1 aliphatic rings. The number of ether oxygens (including phenoxy) is 1. The van der Waals surface area contributed by atoms with Crippen molar-refractivity contribution in [2.75, 3.05) is 30.3 Å². The van der Waals surface area contributed by atoms with Gasteiger partial charge in [-0.1, -0.05) is 54.6 Å². The first-order valence-corrected chi connectivity index (χ1v) is 15.9. The van der Waals surface area contributed by atoms with Gasteiger partial charge in [0.05, 0.1) is 29.3 Å². The molecule has 1 fully saturated rings. The number of urea groups is 1. The van der Waals surface area contributed by atoms with Crippen LogP contribution in [0, 0.1) is 34.4 Å². The van der Waals surface area contributed by atoms with Crippen LogP contribution in [0.3, 0.4) is 0 Å². The molecule has 0 saturated carbocycles. The zero-order valence-electron chi connectivity index (χ0n) is 26.4. The second kappa shape index (κ2) is 16.7. The quantitative estimate of drug-likeness (QED) is 0.163. The van der Waals surface area contributed by atoms with Crippen molar-refractivity contribution in [2.45, 2.75) is 37.8 Å². The molecule has 1 aliphatic heterocycles. The number of rotatable bonds is 11. The van der Waals surface area contributed by atoms with E-state index < -0.39 is 24.3 Å². The van der Waals surface area contributed by atoms with Gasteiger partial charge >= 0.3 is 12.1 Å². The predicted octanol–water partition coefficient (Wildman–Crippen LogP) is 6.87. The van der Waals surface area contributed by atoms with E-state index in [1.54, 1.807) is 48.5 Å². The van der Waals surface area contributed by atoms with Gasteiger partial charge in [-0.05, 0) is 104 Å². The van der Waals surface area contributed by atoms with Crippen LogP contribution in [0.2, 0.25) is 0 Å². The molecule has 0 spiro atoms. The molecule has 244 valence electrons.